The first-order valence-corrected chi connectivity index (χ1v) is 10.6. The number of amides is 1. The number of carbonyl (C=O) groups excluding carboxylic acids is 1. The van der Waals surface area contributed by atoms with Crippen molar-refractivity contribution in [2.24, 2.45) is 5.10 Å². The van der Waals surface area contributed by atoms with E-state index in [9.17, 15) is 4.79 Å². The van der Waals surface area contributed by atoms with E-state index in [1.165, 1.54) is 5.56 Å². The average Bonchev–Trinajstić information content (AvgIpc) is 2.82. The van der Waals surface area contributed by atoms with Gasteiger partial charge in [-0.2, -0.15) is 5.10 Å². The van der Waals surface area contributed by atoms with E-state index in [4.69, 9.17) is 4.74 Å². The molecule has 0 radical (unpaired) electrons. The van der Waals surface area contributed by atoms with Crippen LogP contribution in [0.5, 0.6) is 5.75 Å². The first-order valence-electron chi connectivity index (χ1n) is 10.6. The van der Waals surface area contributed by atoms with Gasteiger partial charge < -0.3 is 4.74 Å². The third kappa shape index (κ3) is 4.75. The van der Waals surface area contributed by atoms with E-state index < -0.39 is 0 Å². The van der Waals surface area contributed by atoms with Gasteiger partial charge in [-0.15, -0.1) is 0 Å². The largest absolute Gasteiger partial charge is 0.484 e. The Balaban J connectivity index is 1.43. The van der Waals surface area contributed by atoms with Crippen molar-refractivity contribution >= 4 is 33.7 Å². The fourth-order valence-corrected chi connectivity index (χ4v) is 3.67. The number of nitrogens with zero attached hydrogens (tertiary/aromatic N) is 1. The van der Waals surface area contributed by atoms with Crippen LogP contribution in [0.15, 0.2) is 84.0 Å². The van der Waals surface area contributed by atoms with E-state index in [0.717, 1.165) is 33.5 Å². The molecular formula is C27H26N2O2. The zero-order valence-corrected chi connectivity index (χ0v) is 17.8. The van der Waals surface area contributed by atoms with Gasteiger partial charge in [0.05, 0.1) is 6.21 Å². The summed E-state index contributed by atoms with van der Waals surface area (Å²) < 4.78 is 5.59. The number of benzene rings is 4. The second-order valence-electron chi connectivity index (χ2n) is 7.69. The number of hydrogen-bond donors (Lipinski definition) is 1. The van der Waals surface area contributed by atoms with Crippen molar-refractivity contribution in [2.45, 2.75) is 26.2 Å². The molecule has 0 spiro atoms. The monoisotopic (exact) mass is 410 g/mol. The molecule has 4 rings (SSSR count). The van der Waals surface area contributed by atoms with E-state index in [2.05, 4.69) is 54.7 Å². The van der Waals surface area contributed by atoms with Gasteiger partial charge >= 0.3 is 0 Å². The molecule has 4 nitrogen and oxygen atoms in total. The van der Waals surface area contributed by atoms with Crippen molar-refractivity contribution in [3.8, 4) is 5.75 Å². The molecule has 0 aromatic heterocycles. The average molecular weight is 411 g/mol. The molecule has 1 atom stereocenters. The summed E-state index contributed by atoms with van der Waals surface area (Å²) in [5, 5.41) is 8.66. The minimum atomic E-state index is -0.299. The highest BCUT2D eigenvalue weighted by atomic mass is 16.5. The Morgan fingerprint density at radius 1 is 0.968 bits per heavy atom. The first kappa shape index (κ1) is 20.6. The molecule has 0 aliphatic heterocycles. The molecular weight excluding hydrogens is 384 g/mol. The lowest BCUT2D eigenvalue weighted by molar-refractivity contribution is -0.123. The minimum absolute atomic E-state index is 0.0870. The number of hydrazone groups is 1. The third-order valence-corrected chi connectivity index (χ3v) is 5.63. The molecule has 0 heterocycles. The van der Waals surface area contributed by atoms with Crippen molar-refractivity contribution in [3.63, 3.8) is 0 Å². The molecule has 0 aliphatic rings. The van der Waals surface area contributed by atoms with Gasteiger partial charge in [-0.25, -0.2) is 5.43 Å². The lowest BCUT2D eigenvalue weighted by Crippen LogP contribution is -2.24. The predicted octanol–water partition coefficient (Wildman–Crippen LogP) is 6.04. The fraction of sp³-hybridized carbons (Fsp3) is 0.185. The Kier molecular flexibility index (Phi) is 6.27. The number of rotatable bonds is 7. The second kappa shape index (κ2) is 9.43. The van der Waals surface area contributed by atoms with Crippen LogP contribution in [0.25, 0.3) is 21.5 Å². The third-order valence-electron chi connectivity index (χ3n) is 5.63. The van der Waals surface area contributed by atoms with Crippen LogP contribution in [0, 0.1) is 0 Å². The van der Waals surface area contributed by atoms with Gasteiger partial charge in [0.2, 0.25) is 0 Å². The SMILES string of the molecule is CCC(C)c1ccc(OCC(=O)N/N=C/c2c3ccccc3cc3ccccc23)cc1. The first-order chi connectivity index (χ1) is 15.2. The van der Waals surface area contributed by atoms with Crippen LogP contribution in [0.4, 0.5) is 0 Å². The maximum Gasteiger partial charge on any atom is 0.277 e. The molecule has 0 saturated heterocycles. The van der Waals surface area contributed by atoms with Crippen LogP contribution in [0.1, 0.15) is 37.3 Å². The molecule has 156 valence electrons. The van der Waals surface area contributed by atoms with E-state index in [1.54, 1.807) is 6.21 Å². The lowest BCUT2D eigenvalue weighted by Gasteiger charge is -2.10. The van der Waals surface area contributed by atoms with E-state index in [-0.39, 0.29) is 12.5 Å². The minimum Gasteiger partial charge on any atom is -0.484 e. The second-order valence-corrected chi connectivity index (χ2v) is 7.69. The summed E-state index contributed by atoms with van der Waals surface area (Å²) in [6.07, 6.45) is 2.80. The summed E-state index contributed by atoms with van der Waals surface area (Å²) in [5.41, 5.74) is 4.83. The Labute approximate surface area is 182 Å². The lowest BCUT2D eigenvalue weighted by atomic mass is 9.97. The standard InChI is InChI=1S/C27H26N2O2/c1-3-19(2)20-12-14-23(15-13-20)31-18-27(30)29-28-17-26-24-10-6-4-8-21(24)16-22-9-5-7-11-25(22)26/h4-17,19H,3,18H2,1-2H3,(H,29,30)/b28-17+. The highest BCUT2D eigenvalue weighted by molar-refractivity contribution is 6.13. The molecule has 0 saturated carbocycles. The maximum atomic E-state index is 12.2. The molecule has 4 aromatic carbocycles. The summed E-state index contributed by atoms with van der Waals surface area (Å²) in [6.45, 7) is 4.28. The highest BCUT2D eigenvalue weighted by Gasteiger charge is 2.07. The molecule has 0 fully saturated rings. The topological polar surface area (TPSA) is 50.7 Å². The van der Waals surface area contributed by atoms with Crippen molar-refractivity contribution in [1.29, 1.82) is 0 Å². The number of ether oxygens (including phenoxy) is 1. The van der Waals surface area contributed by atoms with Gasteiger partial charge in [0.1, 0.15) is 5.75 Å². The quantitative estimate of drug-likeness (QED) is 0.230. The number of carbonyl (C=O) groups is 1. The normalized spacial score (nSPS) is 12.3. The summed E-state index contributed by atoms with van der Waals surface area (Å²) >= 11 is 0. The van der Waals surface area contributed by atoms with Gasteiger partial charge in [-0.05, 0) is 57.6 Å². The zero-order chi connectivity index (χ0) is 21.6. The summed E-state index contributed by atoms with van der Waals surface area (Å²) in [4.78, 5) is 12.2. The zero-order valence-electron chi connectivity index (χ0n) is 17.8. The molecule has 4 heteroatoms. The molecule has 1 unspecified atom stereocenters. The number of hydrogen-bond acceptors (Lipinski definition) is 3. The Bertz CT molecular complexity index is 1180. The summed E-state index contributed by atoms with van der Waals surface area (Å²) in [6, 6.07) is 26.4. The predicted molar refractivity (Wildman–Crippen MR) is 128 cm³/mol. The van der Waals surface area contributed by atoms with E-state index in [1.807, 2.05) is 48.5 Å². The molecule has 1 N–H and O–H groups in total. The molecule has 4 aromatic rings. The van der Waals surface area contributed by atoms with Crippen LogP contribution >= 0.6 is 0 Å². The van der Waals surface area contributed by atoms with Gasteiger partial charge in [-0.3, -0.25) is 4.79 Å². The smallest absolute Gasteiger partial charge is 0.277 e. The highest BCUT2D eigenvalue weighted by Crippen LogP contribution is 2.27. The molecule has 0 bridgehead atoms. The van der Waals surface area contributed by atoms with Crippen molar-refractivity contribution in [3.05, 3.63) is 90.0 Å². The van der Waals surface area contributed by atoms with Crippen LogP contribution in [0.3, 0.4) is 0 Å². The summed E-state index contributed by atoms with van der Waals surface area (Å²) in [5.74, 6) is 0.884. The van der Waals surface area contributed by atoms with Gasteiger partial charge in [0, 0.05) is 5.56 Å². The van der Waals surface area contributed by atoms with E-state index >= 15 is 0 Å². The van der Waals surface area contributed by atoms with Gasteiger partial charge in [-0.1, -0.05) is 74.5 Å². The Hall–Kier alpha value is -3.66. The van der Waals surface area contributed by atoms with Crippen LogP contribution < -0.4 is 10.2 Å². The maximum absolute atomic E-state index is 12.2. The van der Waals surface area contributed by atoms with Crippen LogP contribution in [-0.4, -0.2) is 18.7 Å². The van der Waals surface area contributed by atoms with Gasteiger partial charge in [0.25, 0.3) is 5.91 Å². The number of nitrogens with one attached hydrogen (secondary N) is 1. The number of fused-ring (bicyclic) bond motifs is 2. The van der Waals surface area contributed by atoms with Gasteiger partial charge in [0.15, 0.2) is 6.61 Å². The van der Waals surface area contributed by atoms with Crippen molar-refractivity contribution < 1.29 is 9.53 Å². The van der Waals surface area contributed by atoms with Crippen molar-refractivity contribution in [1.82, 2.24) is 5.43 Å². The van der Waals surface area contributed by atoms with Crippen molar-refractivity contribution in [2.75, 3.05) is 6.61 Å². The molecule has 0 aliphatic carbocycles. The Morgan fingerprint density at radius 2 is 1.58 bits per heavy atom. The van der Waals surface area contributed by atoms with E-state index in [0.29, 0.717) is 11.7 Å². The fourth-order valence-electron chi connectivity index (χ4n) is 3.67. The summed E-state index contributed by atoms with van der Waals surface area (Å²) in [7, 11) is 0. The van der Waals surface area contributed by atoms with Crippen LogP contribution in [-0.2, 0) is 4.79 Å². The Morgan fingerprint density at radius 3 is 2.19 bits per heavy atom. The van der Waals surface area contributed by atoms with Crippen LogP contribution in [0.2, 0.25) is 0 Å². The molecule has 1 amide bonds. The molecule has 31 heavy (non-hydrogen) atoms.